The predicted molar refractivity (Wildman–Crippen MR) is 112 cm³/mol. The number of alkyl carbamates (subject to hydrolysis) is 1. The minimum atomic E-state index is -0.462. The lowest BCUT2D eigenvalue weighted by molar-refractivity contribution is 0.0490. The van der Waals surface area contributed by atoms with E-state index in [4.69, 9.17) is 9.47 Å². The van der Waals surface area contributed by atoms with E-state index in [9.17, 15) is 4.79 Å². The molecule has 150 valence electrons. The number of aromatic nitrogens is 1. The number of pyridine rings is 1. The maximum Gasteiger partial charge on any atom is 0.407 e. The largest absolute Gasteiger partial charge is 0.496 e. The van der Waals surface area contributed by atoms with Crippen LogP contribution in [0.15, 0.2) is 36.5 Å². The molecule has 5 nitrogen and oxygen atoms in total. The molecule has 1 fully saturated rings. The Morgan fingerprint density at radius 3 is 2.61 bits per heavy atom. The molecule has 1 aliphatic rings. The van der Waals surface area contributed by atoms with Crippen molar-refractivity contribution in [3.8, 4) is 5.75 Å². The van der Waals surface area contributed by atoms with E-state index in [-0.39, 0.29) is 12.1 Å². The molecule has 1 aromatic heterocycles. The number of methoxy groups -OCH3 is 1. The molecule has 0 bridgehead atoms. The van der Waals surface area contributed by atoms with Crippen molar-refractivity contribution in [1.82, 2.24) is 10.3 Å². The number of hydrogen-bond acceptors (Lipinski definition) is 4. The highest BCUT2D eigenvalue weighted by Crippen LogP contribution is 2.31. The second kappa shape index (κ2) is 8.63. The maximum absolute atomic E-state index is 11.9. The summed E-state index contributed by atoms with van der Waals surface area (Å²) in [6.45, 7) is 5.64. The average Bonchev–Trinajstić information content (AvgIpc) is 2.65. The lowest BCUT2D eigenvalue weighted by Crippen LogP contribution is -2.40. The highest BCUT2D eigenvalue weighted by Gasteiger charge is 2.23. The SMILES string of the molecule is COc1ccc2ncccc2c1/C=C/C1CCC(NC(=O)OC(C)(C)C)CC1. The van der Waals surface area contributed by atoms with Gasteiger partial charge in [0.2, 0.25) is 0 Å². The first-order valence-electron chi connectivity index (χ1n) is 9.95. The van der Waals surface area contributed by atoms with Gasteiger partial charge < -0.3 is 14.8 Å². The van der Waals surface area contributed by atoms with Crippen molar-refractivity contribution < 1.29 is 14.3 Å². The van der Waals surface area contributed by atoms with E-state index in [0.29, 0.717) is 5.92 Å². The Kier molecular flexibility index (Phi) is 6.22. The van der Waals surface area contributed by atoms with Crippen molar-refractivity contribution in [3.63, 3.8) is 0 Å². The van der Waals surface area contributed by atoms with Gasteiger partial charge in [-0.15, -0.1) is 0 Å². The first-order valence-corrected chi connectivity index (χ1v) is 9.95. The first kappa shape index (κ1) is 20.2. The molecule has 0 spiro atoms. The van der Waals surface area contributed by atoms with Crippen LogP contribution in [0.4, 0.5) is 4.79 Å². The Balaban J connectivity index is 1.62. The molecule has 3 rings (SSSR count). The van der Waals surface area contributed by atoms with Gasteiger partial charge in [0.25, 0.3) is 0 Å². The van der Waals surface area contributed by atoms with Crippen molar-refractivity contribution in [2.45, 2.75) is 58.1 Å². The normalized spacial score (nSPS) is 20.3. The number of fused-ring (bicyclic) bond motifs is 1. The van der Waals surface area contributed by atoms with Crippen molar-refractivity contribution in [1.29, 1.82) is 0 Å². The minimum Gasteiger partial charge on any atom is -0.496 e. The van der Waals surface area contributed by atoms with Crippen LogP contribution in [0.1, 0.15) is 52.0 Å². The summed E-state index contributed by atoms with van der Waals surface area (Å²) in [6.07, 6.45) is 9.93. The second-order valence-corrected chi connectivity index (χ2v) is 8.37. The van der Waals surface area contributed by atoms with E-state index in [2.05, 4.69) is 28.5 Å². The van der Waals surface area contributed by atoms with Crippen LogP contribution >= 0.6 is 0 Å². The monoisotopic (exact) mass is 382 g/mol. The Morgan fingerprint density at radius 1 is 1.18 bits per heavy atom. The van der Waals surface area contributed by atoms with Gasteiger partial charge in [-0.05, 0) is 70.6 Å². The van der Waals surface area contributed by atoms with Crippen LogP contribution in [0, 0.1) is 5.92 Å². The standard InChI is InChI=1S/C23H30N2O3/c1-23(2,3)28-22(26)25-17-10-7-16(8-11-17)9-12-19-18-6-5-15-24-20(18)13-14-21(19)27-4/h5-6,9,12-17H,7-8,10-11H2,1-4H3,(H,25,26)/b12-9+. The summed E-state index contributed by atoms with van der Waals surface area (Å²) in [6, 6.07) is 8.17. The van der Waals surface area contributed by atoms with Crippen LogP contribution in [0.3, 0.4) is 0 Å². The average molecular weight is 383 g/mol. The zero-order valence-corrected chi connectivity index (χ0v) is 17.2. The Bertz CT molecular complexity index is 847. The van der Waals surface area contributed by atoms with E-state index in [0.717, 1.165) is 47.9 Å². The van der Waals surface area contributed by atoms with Gasteiger partial charge in [0.15, 0.2) is 0 Å². The molecule has 0 atom stereocenters. The van der Waals surface area contributed by atoms with Gasteiger partial charge in [-0.25, -0.2) is 4.79 Å². The number of carbonyl (C=O) groups is 1. The summed E-state index contributed by atoms with van der Waals surface area (Å²) in [5.74, 6) is 1.35. The third-order valence-electron chi connectivity index (χ3n) is 5.03. The summed E-state index contributed by atoms with van der Waals surface area (Å²) in [4.78, 5) is 16.4. The molecule has 0 radical (unpaired) electrons. The molecule has 1 amide bonds. The summed E-state index contributed by atoms with van der Waals surface area (Å²) in [7, 11) is 1.70. The molecule has 2 aromatic rings. The number of benzene rings is 1. The van der Waals surface area contributed by atoms with E-state index < -0.39 is 5.60 Å². The summed E-state index contributed by atoms with van der Waals surface area (Å²) < 4.78 is 10.9. The quantitative estimate of drug-likeness (QED) is 0.775. The summed E-state index contributed by atoms with van der Waals surface area (Å²) in [5, 5.41) is 4.09. The number of carbonyl (C=O) groups excluding carboxylic acids is 1. The number of rotatable bonds is 4. The maximum atomic E-state index is 11.9. The molecular formula is C23H30N2O3. The van der Waals surface area contributed by atoms with Crippen LogP contribution in [0.5, 0.6) is 5.75 Å². The lowest BCUT2D eigenvalue weighted by atomic mass is 9.85. The molecule has 5 heteroatoms. The number of amides is 1. The van der Waals surface area contributed by atoms with Gasteiger partial charge in [0.1, 0.15) is 11.4 Å². The molecule has 1 saturated carbocycles. The minimum absolute atomic E-state index is 0.191. The molecule has 1 aromatic carbocycles. The van der Waals surface area contributed by atoms with E-state index in [1.54, 1.807) is 13.3 Å². The zero-order valence-electron chi connectivity index (χ0n) is 17.2. The van der Waals surface area contributed by atoms with E-state index >= 15 is 0 Å². The number of hydrogen-bond donors (Lipinski definition) is 1. The van der Waals surface area contributed by atoms with Crippen molar-refractivity contribution in [2.24, 2.45) is 5.92 Å². The van der Waals surface area contributed by atoms with Gasteiger partial charge in [0, 0.05) is 23.2 Å². The number of nitrogens with zero attached hydrogens (tertiary/aromatic N) is 1. The van der Waals surface area contributed by atoms with Crippen molar-refractivity contribution in [2.75, 3.05) is 7.11 Å². The van der Waals surface area contributed by atoms with Crippen LogP contribution in [-0.4, -0.2) is 29.8 Å². The fourth-order valence-electron chi connectivity index (χ4n) is 3.67. The summed E-state index contributed by atoms with van der Waals surface area (Å²) in [5.41, 5.74) is 1.58. The van der Waals surface area contributed by atoms with Gasteiger partial charge in [-0.1, -0.05) is 18.2 Å². The molecule has 1 N–H and O–H groups in total. The molecule has 0 saturated heterocycles. The Labute approximate surface area is 167 Å². The zero-order chi connectivity index (χ0) is 20.1. The Hall–Kier alpha value is -2.56. The van der Waals surface area contributed by atoms with E-state index in [1.165, 1.54) is 0 Å². The fraction of sp³-hybridized carbons (Fsp3) is 0.478. The van der Waals surface area contributed by atoms with Gasteiger partial charge in [-0.2, -0.15) is 0 Å². The van der Waals surface area contributed by atoms with Gasteiger partial charge >= 0.3 is 6.09 Å². The van der Waals surface area contributed by atoms with Crippen LogP contribution in [0.2, 0.25) is 0 Å². The summed E-state index contributed by atoms with van der Waals surface area (Å²) >= 11 is 0. The Morgan fingerprint density at radius 2 is 1.93 bits per heavy atom. The predicted octanol–water partition coefficient (Wildman–Crippen LogP) is 5.34. The van der Waals surface area contributed by atoms with Crippen LogP contribution in [0.25, 0.3) is 17.0 Å². The molecule has 1 heterocycles. The first-order chi connectivity index (χ1) is 13.4. The van der Waals surface area contributed by atoms with Crippen LogP contribution < -0.4 is 10.1 Å². The number of ether oxygens (including phenoxy) is 2. The third-order valence-corrected chi connectivity index (χ3v) is 5.03. The topological polar surface area (TPSA) is 60.5 Å². The highest BCUT2D eigenvalue weighted by atomic mass is 16.6. The molecule has 1 aliphatic carbocycles. The second-order valence-electron chi connectivity index (χ2n) is 8.37. The van der Waals surface area contributed by atoms with Crippen LogP contribution in [-0.2, 0) is 4.74 Å². The highest BCUT2D eigenvalue weighted by molar-refractivity contribution is 5.90. The van der Waals surface area contributed by atoms with Crippen molar-refractivity contribution >= 4 is 23.1 Å². The smallest absolute Gasteiger partial charge is 0.407 e. The van der Waals surface area contributed by atoms with E-state index in [1.807, 2.05) is 39.0 Å². The third kappa shape index (κ3) is 5.24. The lowest BCUT2D eigenvalue weighted by Gasteiger charge is -2.29. The number of allylic oxidation sites excluding steroid dienone is 1. The molecule has 0 aliphatic heterocycles. The van der Waals surface area contributed by atoms with Gasteiger partial charge in [0.05, 0.1) is 12.6 Å². The molecular weight excluding hydrogens is 352 g/mol. The van der Waals surface area contributed by atoms with Crippen molar-refractivity contribution in [3.05, 3.63) is 42.1 Å². The molecule has 0 unspecified atom stereocenters. The fourth-order valence-corrected chi connectivity index (χ4v) is 3.67. The van der Waals surface area contributed by atoms with Gasteiger partial charge in [-0.3, -0.25) is 4.98 Å². The number of nitrogens with one attached hydrogen (secondary N) is 1. The molecule has 28 heavy (non-hydrogen) atoms.